The molecule has 0 saturated heterocycles. The van der Waals surface area contributed by atoms with Crippen molar-refractivity contribution in [3.8, 4) is 0 Å². The standard InChI is InChI=1S/C23H25BrN2O4/c1-4-14-30-23(28)26-21(18-10-12-19(24)13-11-18)20(22(27)29-3)16(2)25-15-17-8-6-5-7-9-17/h4-13,20-21H,1,14-15H2,2-3H3,(H,26,28)/t20?,21-/m0/s1. The van der Waals surface area contributed by atoms with Gasteiger partial charge in [-0.1, -0.05) is 71.0 Å². The van der Waals surface area contributed by atoms with Crippen molar-refractivity contribution < 1.29 is 19.1 Å². The summed E-state index contributed by atoms with van der Waals surface area (Å²) in [5.74, 6) is -1.32. The molecule has 6 nitrogen and oxygen atoms in total. The monoisotopic (exact) mass is 472 g/mol. The highest BCUT2D eigenvalue weighted by Gasteiger charge is 2.34. The molecule has 0 bridgehead atoms. The van der Waals surface area contributed by atoms with Gasteiger partial charge in [-0.2, -0.15) is 0 Å². The van der Waals surface area contributed by atoms with E-state index in [1.165, 1.54) is 13.2 Å². The van der Waals surface area contributed by atoms with E-state index in [9.17, 15) is 9.59 Å². The fourth-order valence-electron chi connectivity index (χ4n) is 2.91. The Bertz CT molecular complexity index is 882. The van der Waals surface area contributed by atoms with Crippen molar-refractivity contribution in [1.82, 2.24) is 5.32 Å². The highest BCUT2D eigenvalue weighted by atomic mass is 79.9. The van der Waals surface area contributed by atoms with E-state index in [0.29, 0.717) is 12.3 Å². The minimum absolute atomic E-state index is 0.0584. The third-order valence-electron chi connectivity index (χ3n) is 4.43. The number of halogens is 1. The summed E-state index contributed by atoms with van der Waals surface area (Å²) in [5.41, 5.74) is 2.28. The highest BCUT2D eigenvalue weighted by Crippen LogP contribution is 2.27. The lowest BCUT2D eigenvalue weighted by Gasteiger charge is -2.26. The molecule has 0 radical (unpaired) electrons. The van der Waals surface area contributed by atoms with Crippen LogP contribution in [-0.2, 0) is 20.8 Å². The number of methoxy groups -OCH3 is 1. The number of benzene rings is 2. The van der Waals surface area contributed by atoms with Crippen molar-refractivity contribution in [3.63, 3.8) is 0 Å². The zero-order chi connectivity index (χ0) is 21.9. The van der Waals surface area contributed by atoms with Gasteiger partial charge in [0.1, 0.15) is 12.5 Å². The van der Waals surface area contributed by atoms with E-state index in [4.69, 9.17) is 9.47 Å². The first kappa shape index (κ1) is 23.3. The number of hydrogen-bond acceptors (Lipinski definition) is 5. The van der Waals surface area contributed by atoms with Gasteiger partial charge in [0.2, 0.25) is 0 Å². The molecule has 7 heteroatoms. The van der Waals surface area contributed by atoms with Crippen molar-refractivity contribution >= 4 is 33.7 Å². The first-order valence-corrected chi connectivity index (χ1v) is 10.2. The minimum atomic E-state index is -0.823. The molecule has 0 aromatic heterocycles. The maximum atomic E-state index is 12.7. The molecule has 1 unspecified atom stereocenters. The Hall–Kier alpha value is -2.93. The molecule has 1 amide bonds. The summed E-state index contributed by atoms with van der Waals surface area (Å²) in [4.78, 5) is 29.6. The number of rotatable bonds is 9. The normalized spacial score (nSPS) is 13.1. The third-order valence-corrected chi connectivity index (χ3v) is 4.96. The molecule has 158 valence electrons. The average molecular weight is 473 g/mol. The van der Waals surface area contributed by atoms with Gasteiger partial charge < -0.3 is 14.8 Å². The zero-order valence-corrected chi connectivity index (χ0v) is 18.6. The minimum Gasteiger partial charge on any atom is -0.468 e. The first-order valence-electron chi connectivity index (χ1n) is 9.38. The smallest absolute Gasteiger partial charge is 0.407 e. The maximum Gasteiger partial charge on any atom is 0.407 e. The number of carbonyl (C=O) groups excluding carboxylic acids is 2. The Morgan fingerprint density at radius 1 is 1.17 bits per heavy atom. The molecular formula is C23H25BrN2O4. The molecule has 0 fully saturated rings. The number of carbonyl (C=O) groups is 2. The van der Waals surface area contributed by atoms with Crippen LogP contribution >= 0.6 is 15.9 Å². The van der Waals surface area contributed by atoms with E-state index in [1.54, 1.807) is 6.92 Å². The van der Waals surface area contributed by atoms with Crippen LogP contribution in [0.5, 0.6) is 0 Å². The lowest BCUT2D eigenvalue weighted by molar-refractivity contribution is -0.143. The number of nitrogens with zero attached hydrogens (tertiary/aromatic N) is 1. The van der Waals surface area contributed by atoms with E-state index < -0.39 is 24.0 Å². The second kappa shape index (κ2) is 11.9. The van der Waals surface area contributed by atoms with Crippen molar-refractivity contribution in [1.29, 1.82) is 0 Å². The number of amides is 1. The molecule has 2 aromatic rings. The molecule has 2 atom stereocenters. The van der Waals surface area contributed by atoms with Gasteiger partial charge in [0.25, 0.3) is 0 Å². The Morgan fingerprint density at radius 3 is 2.43 bits per heavy atom. The largest absolute Gasteiger partial charge is 0.468 e. The second-order valence-corrected chi connectivity index (χ2v) is 7.42. The Morgan fingerprint density at radius 2 is 1.83 bits per heavy atom. The lowest BCUT2D eigenvalue weighted by Crippen LogP contribution is -2.41. The summed E-state index contributed by atoms with van der Waals surface area (Å²) in [6.07, 6.45) is 0.811. The van der Waals surface area contributed by atoms with E-state index in [1.807, 2.05) is 54.6 Å². The van der Waals surface area contributed by atoms with Crippen LogP contribution in [0.2, 0.25) is 0 Å². The summed E-state index contributed by atoms with van der Waals surface area (Å²) in [7, 11) is 1.31. The van der Waals surface area contributed by atoms with Crippen LogP contribution < -0.4 is 5.32 Å². The van der Waals surface area contributed by atoms with E-state index in [2.05, 4.69) is 32.8 Å². The van der Waals surface area contributed by atoms with Gasteiger partial charge in [-0.25, -0.2) is 4.79 Å². The summed E-state index contributed by atoms with van der Waals surface area (Å²) in [6, 6.07) is 16.3. The third kappa shape index (κ3) is 6.84. The maximum absolute atomic E-state index is 12.7. The number of hydrogen-bond donors (Lipinski definition) is 1. The number of esters is 1. The molecular weight excluding hydrogens is 448 g/mol. The molecule has 2 aromatic carbocycles. The number of aliphatic imine (C=N–C) groups is 1. The number of alkyl carbamates (subject to hydrolysis) is 1. The van der Waals surface area contributed by atoms with Gasteiger partial charge >= 0.3 is 12.1 Å². The first-order chi connectivity index (χ1) is 14.5. The fourth-order valence-corrected chi connectivity index (χ4v) is 3.17. The predicted octanol–water partition coefficient (Wildman–Crippen LogP) is 4.85. The van der Waals surface area contributed by atoms with Crippen molar-refractivity contribution in [2.75, 3.05) is 13.7 Å². The molecule has 0 spiro atoms. The molecule has 0 heterocycles. The van der Waals surface area contributed by atoms with E-state index in [0.717, 1.165) is 15.6 Å². The van der Waals surface area contributed by atoms with Crippen LogP contribution in [0.1, 0.15) is 24.1 Å². The molecule has 0 saturated carbocycles. The molecule has 1 N–H and O–H groups in total. The Balaban J connectivity index is 2.38. The molecule has 0 aliphatic rings. The second-order valence-electron chi connectivity index (χ2n) is 6.50. The fraction of sp³-hybridized carbons (Fsp3) is 0.261. The van der Waals surface area contributed by atoms with Crippen LogP contribution in [0.15, 0.2) is 76.7 Å². The van der Waals surface area contributed by atoms with Gasteiger partial charge in [0.15, 0.2) is 0 Å². The van der Waals surface area contributed by atoms with Crippen LogP contribution in [0.25, 0.3) is 0 Å². The van der Waals surface area contributed by atoms with E-state index >= 15 is 0 Å². The van der Waals surface area contributed by atoms with Crippen molar-refractivity contribution in [2.24, 2.45) is 10.9 Å². The van der Waals surface area contributed by atoms with Crippen LogP contribution in [0, 0.1) is 5.92 Å². The number of nitrogens with one attached hydrogen (secondary N) is 1. The molecule has 0 aliphatic heterocycles. The summed E-state index contributed by atoms with van der Waals surface area (Å²) in [6.45, 7) is 5.76. The zero-order valence-electron chi connectivity index (χ0n) is 17.0. The lowest BCUT2D eigenvalue weighted by atomic mass is 9.89. The summed E-state index contributed by atoms with van der Waals surface area (Å²) >= 11 is 3.40. The molecule has 30 heavy (non-hydrogen) atoms. The van der Waals surface area contributed by atoms with Crippen molar-refractivity contribution in [3.05, 3.63) is 82.9 Å². The van der Waals surface area contributed by atoms with Gasteiger partial charge in [-0.3, -0.25) is 9.79 Å². The van der Waals surface area contributed by atoms with Crippen LogP contribution in [-0.4, -0.2) is 31.5 Å². The van der Waals surface area contributed by atoms with Crippen LogP contribution in [0.3, 0.4) is 0 Å². The van der Waals surface area contributed by atoms with E-state index in [-0.39, 0.29) is 6.61 Å². The van der Waals surface area contributed by atoms with Crippen molar-refractivity contribution in [2.45, 2.75) is 19.5 Å². The highest BCUT2D eigenvalue weighted by molar-refractivity contribution is 9.10. The van der Waals surface area contributed by atoms with Gasteiger partial charge in [0.05, 0.1) is 19.7 Å². The quantitative estimate of drug-likeness (QED) is 0.321. The topological polar surface area (TPSA) is 77.0 Å². The van der Waals surface area contributed by atoms with Gasteiger partial charge in [0, 0.05) is 10.2 Å². The predicted molar refractivity (Wildman–Crippen MR) is 120 cm³/mol. The van der Waals surface area contributed by atoms with Gasteiger partial charge in [-0.15, -0.1) is 0 Å². The average Bonchev–Trinajstić information content (AvgIpc) is 2.76. The summed E-state index contributed by atoms with van der Waals surface area (Å²) < 4.78 is 11.0. The van der Waals surface area contributed by atoms with Gasteiger partial charge in [-0.05, 0) is 30.2 Å². The Labute approximate surface area is 185 Å². The Kier molecular flexibility index (Phi) is 9.28. The molecule has 2 rings (SSSR count). The molecule has 0 aliphatic carbocycles. The number of ether oxygens (including phenoxy) is 2. The van der Waals surface area contributed by atoms with Crippen LogP contribution in [0.4, 0.5) is 4.79 Å². The summed E-state index contributed by atoms with van der Waals surface area (Å²) in [5, 5.41) is 2.78. The SMILES string of the molecule is C=CCOC(=O)N[C@@H](c1ccc(Br)cc1)C(C(=O)OC)C(C)=NCc1ccccc1.